The Labute approximate surface area is 115 Å². The topological polar surface area (TPSA) is 72.5 Å². The molecule has 5 heteroatoms. The van der Waals surface area contributed by atoms with E-state index >= 15 is 0 Å². The molecule has 0 amide bonds. The standard InChI is InChI=1S/C14H12ClNO3/c15-10-3-1-2-9(6-10)8-19-11-4-5-12(14(17)18)13(16)7-11/h1-7H,8,16H2,(H,17,18). The summed E-state index contributed by atoms with van der Waals surface area (Å²) in [4.78, 5) is 10.8. The van der Waals surface area contributed by atoms with Crippen molar-refractivity contribution in [3.05, 3.63) is 58.6 Å². The lowest BCUT2D eigenvalue weighted by Gasteiger charge is -2.08. The first-order valence-corrected chi connectivity index (χ1v) is 5.94. The third kappa shape index (κ3) is 3.39. The lowest BCUT2D eigenvalue weighted by molar-refractivity contribution is 0.0698. The molecule has 0 fully saturated rings. The van der Waals surface area contributed by atoms with E-state index in [2.05, 4.69) is 0 Å². The predicted molar refractivity (Wildman–Crippen MR) is 73.6 cm³/mol. The summed E-state index contributed by atoms with van der Waals surface area (Å²) in [6.07, 6.45) is 0. The minimum atomic E-state index is -1.06. The maximum atomic E-state index is 10.8. The van der Waals surface area contributed by atoms with Crippen LogP contribution in [0.1, 0.15) is 15.9 Å². The summed E-state index contributed by atoms with van der Waals surface area (Å²) in [5.74, 6) is -0.540. The Morgan fingerprint density at radius 2 is 2.05 bits per heavy atom. The molecule has 19 heavy (non-hydrogen) atoms. The van der Waals surface area contributed by atoms with Gasteiger partial charge in [0, 0.05) is 16.8 Å². The number of benzene rings is 2. The summed E-state index contributed by atoms with van der Waals surface area (Å²) in [5, 5.41) is 9.50. The molecule has 0 unspecified atom stereocenters. The number of carboxylic acid groups (broad SMARTS) is 1. The van der Waals surface area contributed by atoms with Gasteiger partial charge in [-0.15, -0.1) is 0 Å². The van der Waals surface area contributed by atoms with Crippen molar-refractivity contribution in [2.45, 2.75) is 6.61 Å². The number of carbonyl (C=O) groups is 1. The minimum Gasteiger partial charge on any atom is -0.489 e. The number of rotatable bonds is 4. The van der Waals surface area contributed by atoms with E-state index in [4.69, 9.17) is 27.2 Å². The fraction of sp³-hybridized carbons (Fsp3) is 0.0714. The first-order chi connectivity index (χ1) is 9.06. The van der Waals surface area contributed by atoms with Crippen molar-refractivity contribution < 1.29 is 14.6 Å². The van der Waals surface area contributed by atoms with Gasteiger partial charge in [0.1, 0.15) is 12.4 Å². The van der Waals surface area contributed by atoms with Gasteiger partial charge >= 0.3 is 5.97 Å². The molecule has 2 aromatic carbocycles. The number of nitrogens with two attached hydrogens (primary N) is 1. The Hall–Kier alpha value is -2.20. The normalized spacial score (nSPS) is 10.2. The Morgan fingerprint density at radius 3 is 2.68 bits per heavy atom. The molecular weight excluding hydrogens is 266 g/mol. The number of ether oxygens (including phenoxy) is 1. The largest absolute Gasteiger partial charge is 0.489 e. The van der Waals surface area contributed by atoms with Gasteiger partial charge in [0.15, 0.2) is 0 Å². The van der Waals surface area contributed by atoms with Crippen LogP contribution in [-0.4, -0.2) is 11.1 Å². The van der Waals surface area contributed by atoms with Crippen LogP contribution in [0, 0.1) is 0 Å². The van der Waals surface area contributed by atoms with Gasteiger partial charge in [0.25, 0.3) is 0 Å². The number of hydrogen-bond acceptors (Lipinski definition) is 3. The van der Waals surface area contributed by atoms with Crippen molar-refractivity contribution in [3.63, 3.8) is 0 Å². The molecule has 0 bridgehead atoms. The lowest BCUT2D eigenvalue weighted by Crippen LogP contribution is -2.03. The monoisotopic (exact) mass is 277 g/mol. The van der Waals surface area contributed by atoms with Crippen LogP contribution in [0.4, 0.5) is 5.69 Å². The van der Waals surface area contributed by atoms with E-state index in [0.717, 1.165) is 5.56 Å². The molecule has 2 rings (SSSR count). The highest BCUT2D eigenvalue weighted by Gasteiger charge is 2.08. The molecule has 0 aliphatic heterocycles. The quantitative estimate of drug-likeness (QED) is 0.842. The average molecular weight is 278 g/mol. The fourth-order valence-corrected chi connectivity index (χ4v) is 1.83. The second-order valence-electron chi connectivity index (χ2n) is 3.97. The van der Waals surface area contributed by atoms with Crippen LogP contribution >= 0.6 is 11.6 Å². The highest BCUT2D eigenvalue weighted by molar-refractivity contribution is 6.30. The van der Waals surface area contributed by atoms with Crippen LogP contribution in [0.2, 0.25) is 5.02 Å². The molecule has 0 radical (unpaired) electrons. The van der Waals surface area contributed by atoms with Crippen molar-refractivity contribution >= 4 is 23.3 Å². The van der Waals surface area contributed by atoms with Crippen molar-refractivity contribution in [3.8, 4) is 5.75 Å². The molecule has 2 aromatic rings. The van der Waals surface area contributed by atoms with Crippen LogP contribution in [0.3, 0.4) is 0 Å². The van der Waals surface area contributed by atoms with Gasteiger partial charge in [-0.25, -0.2) is 4.79 Å². The number of aromatic carboxylic acids is 1. The van der Waals surface area contributed by atoms with E-state index in [1.165, 1.54) is 12.1 Å². The molecule has 0 atom stereocenters. The van der Waals surface area contributed by atoms with E-state index in [1.54, 1.807) is 18.2 Å². The van der Waals surface area contributed by atoms with Gasteiger partial charge in [-0.05, 0) is 29.8 Å². The summed E-state index contributed by atoms with van der Waals surface area (Å²) >= 11 is 5.87. The van der Waals surface area contributed by atoms with Gasteiger partial charge in [-0.1, -0.05) is 23.7 Å². The van der Waals surface area contributed by atoms with Crippen molar-refractivity contribution in [2.24, 2.45) is 0 Å². The van der Waals surface area contributed by atoms with E-state index in [-0.39, 0.29) is 11.3 Å². The number of halogens is 1. The van der Waals surface area contributed by atoms with E-state index < -0.39 is 5.97 Å². The van der Waals surface area contributed by atoms with Crippen molar-refractivity contribution in [1.29, 1.82) is 0 Å². The molecule has 0 heterocycles. The first kappa shape index (κ1) is 13.2. The molecule has 0 aliphatic carbocycles. The van der Waals surface area contributed by atoms with Crippen LogP contribution in [0.25, 0.3) is 0 Å². The van der Waals surface area contributed by atoms with Gasteiger partial charge < -0.3 is 15.6 Å². The molecule has 0 aromatic heterocycles. The molecule has 4 nitrogen and oxygen atoms in total. The van der Waals surface area contributed by atoms with Crippen LogP contribution in [0.5, 0.6) is 5.75 Å². The zero-order chi connectivity index (χ0) is 13.8. The maximum absolute atomic E-state index is 10.8. The highest BCUT2D eigenvalue weighted by atomic mass is 35.5. The van der Waals surface area contributed by atoms with Gasteiger partial charge in [-0.2, -0.15) is 0 Å². The van der Waals surface area contributed by atoms with E-state index in [0.29, 0.717) is 17.4 Å². The summed E-state index contributed by atoms with van der Waals surface area (Å²) in [6.45, 7) is 0.340. The first-order valence-electron chi connectivity index (χ1n) is 5.56. The molecule has 98 valence electrons. The van der Waals surface area contributed by atoms with Crippen molar-refractivity contribution in [1.82, 2.24) is 0 Å². The molecule has 0 spiro atoms. The molecular formula is C14H12ClNO3. The SMILES string of the molecule is Nc1cc(OCc2cccc(Cl)c2)ccc1C(=O)O. The summed E-state index contributed by atoms with van der Waals surface area (Å²) in [7, 11) is 0. The highest BCUT2D eigenvalue weighted by Crippen LogP contribution is 2.21. The van der Waals surface area contributed by atoms with E-state index in [9.17, 15) is 4.79 Å². The van der Waals surface area contributed by atoms with Gasteiger partial charge in [-0.3, -0.25) is 0 Å². The molecule has 0 saturated carbocycles. The van der Waals surface area contributed by atoms with Crippen LogP contribution < -0.4 is 10.5 Å². The minimum absolute atomic E-state index is 0.0649. The maximum Gasteiger partial charge on any atom is 0.337 e. The van der Waals surface area contributed by atoms with Crippen molar-refractivity contribution in [2.75, 3.05) is 5.73 Å². The number of anilines is 1. The smallest absolute Gasteiger partial charge is 0.337 e. The van der Waals surface area contributed by atoms with Gasteiger partial charge in [0.2, 0.25) is 0 Å². The predicted octanol–water partition coefficient (Wildman–Crippen LogP) is 3.20. The van der Waals surface area contributed by atoms with Crippen LogP contribution in [0.15, 0.2) is 42.5 Å². The molecule has 3 N–H and O–H groups in total. The number of hydrogen-bond donors (Lipinski definition) is 2. The second kappa shape index (κ2) is 5.63. The zero-order valence-corrected chi connectivity index (χ0v) is 10.7. The van der Waals surface area contributed by atoms with E-state index in [1.807, 2.05) is 12.1 Å². The average Bonchev–Trinajstić information content (AvgIpc) is 2.36. The second-order valence-corrected chi connectivity index (χ2v) is 4.41. The van der Waals surface area contributed by atoms with Crippen LogP contribution in [-0.2, 0) is 6.61 Å². The molecule has 0 aliphatic rings. The fourth-order valence-electron chi connectivity index (χ4n) is 1.62. The Morgan fingerprint density at radius 1 is 1.26 bits per heavy atom. The summed E-state index contributed by atoms with van der Waals surface area (Å²) in [5.41, 5.74) is 6.80. The van der Waals surface area contributed by atoms with Gasteiger partial charge in [0.05, 0.1) is 5.56 Å². The Kier molecular flexibility index (Phi) is 3.92. The third-order valence-corrected chi connectivity index (χ3v) is 2.78. The molecule has 0 saturated heterocycles. The lowest BCUT2D eigenvalue weighted by atomic mass is 10.2. The Balaban J connectivity index is 2.08. The zero-order valence-electron chi connectivity index (χ0n) is 9.97. The summed E-state index contributed by atoms with van der Waals surface area (Å²) < 4.78 is 5.53. The summed E-state index contributed by atoms with van der Waals surface area (Å²) in [6, 6.07) is 11.8. The Bertz CT molecular complexity index is 613. The number of carboxylic acids is 1. The third-order valence-electron chi connectivity index (χ3n) is 2.55. The number of nitrogen functional groups attached to an aromatic ring is 1.